The van der Waals surface area contributed by atoms with Gasteiger partial charge in [0.1, 0.15) is 0 Å². The molecule has 0 atom stereocenters. The van der Waals surface area contributed by atoms with Gasteiger partial charge in [0.05, 0.1) is 31.7 Å². The molecule has 0 bridgehead atoms. The third-order valence-corrected chi connectivity index (χ3v) is 2.41. The molecule has 0 saturated carbocycles. The maximum atomic E-state index is 5.26. The molecule has 90 valence electrons. The van der Waals surface area contributed by atoms with E-state index in [1.165, 1.54) is 7.11 Å². The van der Waals surface area contributed by atoms with Crippen molar-refractivity contribution in [1.29, 1.82) is 0 Å². The average Bonchev–Trinajstić information content (AvgIpc) is 2.74. The fraction of sp³-hybridized carbons (Fsp3) is 0.364. The summed E-state index contributed by atoms with van der Waals surface area (Å²) in [4.78, 5) is 8.40. The molecule has 2 aromatic rings. The van der Waals surface area contributed by atoms with Crippen LogP contribution < -0.4 is 9.47 Å². The summed E-state index contributed by atoms with van der Waals surface area (Å²) in [5, 5.41) is 4.13. The molecular formula is C11H14N4O2. The summed E-state index contributed by atoms with van der Waals surface area (Å²) in [6.45, 7) is 1.88. The van der Waals surface area contributed by atoms with Crippen molar-refractivity contribution in [3.63, 3.8) is 0 Å². The average molecular weight is 234 g/mol. The number of ether oxygens (including phenoxy) is 2. The Morgan fingerprint density at radius 3 is 2.47 bits per heavy atom. The van der Waals surface area contributed by atoms with Crippen molar-refractivity contribution in [2.24, 2.45) is 7.05 Å². The van der Waals surface area contributed by atoms with Crippen molar-refractivity contribution in [1.82, 2.24) is 19.7 Å². The molecule has 0 radical (unpaired) electrons. The number of hydrogen-bond donors (Lipinski definition) is 0. The third-order valence-electron chi connectivity index (χ3n) is 2.41. The molecule has 6 heteroatoms. The molecular weight excluding hydrogens is 220 g/mol. The van der Waals surface area contributed by atoms with Crippen molar-refractivity contribution >= 4 is 0 Å². The van der Waals surface area contributed by atoms with Crippen LogP contribution >= 0.6 is 0 Å². The highest BCUT2D eigenvalue weighted by molar-refractivity contribution is 5.69. The fourth-order valence-corrected chi connectivity index (χ4v) is 1.64. The quantitative estimate of drug-likeness (QED) is 0.798. The highest BCUT2D eigenvalue weighted by Gasteiger charge is 2.15. The first-order valence-electron chi connectivity index (χ1n) is 5.11. The molecule has 0 aliphatic carbocycles. The van der Waals surface area contributed by atoms with E-state index in [-0.39, 0.29) is 0 Å². The molecule has 6 nitrogen and oxygen atoms in total. The third kappa shape index (κ3) is 2.06. The summed E-state index contributed by atoms with van der Waals surface area (Å²) >= 11 is 0. The molecule has 0 aliphatic heterocycles. The van der Waals surface area contributed by atoms with Gasteiger partial charge in [0.25, 0.3) is 0 Å². The van der Waals surface area contributed by atoms with E-state index < -0.39 is 0 Å². The van der Waals surface area contributed by atoms with Crippen molar-refractivity contribution in [3.05, 3.63) is 18.1 Å². The van der Waals surface area contributed by atoms with Crippen LogP contribution in [0.5, 0.6) is 11.9 Å². The fourth-order valence-electron chi connectivity index (χ4n) is 1.64. The van der Waals surface area contributed by atoms with Gasteiger partial charge in [0.2, 0.25) is 5.88 Å². The Bertz CT molecular complexity index is 536. The van der Waals surface area contributed by atoms with E-state index in [9.17, 15) is 0 Å². The second-order valence-corrected chi connectivity index (χ2v) is 3.58. The van der Waals surface area contributed by atoms with E-state index in [4.69, 9.17) is 9.47 Å². The van der Waals surface area contributed by atoms with Gasteiger partial charge in [0.15, 0.2) is 0 Å². The van der Waals surface area contributed by atoms with Crippen LogP contribution in [0.3, 0.4) is 0 Å². The monoisotopic (exact) mass is 234 g/mol. The van der Waals surface area contributed by atoms with Crippen LogP contribution in [0.25, 0.3) is 11.1 Å². The van der Waals surface area contributed by atoms with Gasteiger partial charge in [-0.3, -0.25) is 4.68 Å². The molecule has 2 heterocycles. The van der Waals surface area contributed by atoms with Crippen LogP contribution in [-0.2, 0) is 7.05 Å². The van der Waals surface area contributed by atoms with Crippen molar-refractivity contribution in [3.8, 4) is 23.0 Å². The van der Waals surface area contributed by atoms with Crippen LogP contribution in [-0.4, -0.2) is 34.0 Å². The van der Waals surface area contributed by atoms with E-state index in [0.717, 1.165) is 16.8 Å². The zero-order chi connectivity index (χ0) is 12.4. The Morgan fingerprint density at radius 1 is 1.18 bits per heavy atom. The highest BCUT2D eigenvalue weighted by atomic mass is 16.5. The number of aryl methyl sites for hydroxylation is 2. The van der Waals surface area contributed by atoms with Crippen molar-refractivity contribution < 1.29 is 9.47 Å². The van der Waals surface area contributed by atoms with Crippen LogP contribution in [0.2, 0.25) is 0 Å². The summed E-state index contributed by atoms with van der Waals surface area (Å²) < 4.78 is 12.0. The minimum atomic E-state index is 0.298. The molecule has 17 heavy (non-hydrogen) atoms. The van der Waals surface area contributed by atoms with Gasteiger partial charge in [-0.2, -0.15) is 15.1 Å². The normalized spacial score (nSPS) is 10.4. The van der Waals surface area contributed by atoms with Gasteiger partial charge in [-0.25, -0.2) is 0 Å². The Kier molecular flexibility index (Phi) is 2.95. The zero-order valence-electron chi connectivity index (χ0n) is 10.3. The van der Waals surface area contributed by atoms with E-state index in [0.29, 0.717) is 11.9 Å². The minimum Gasteiger partial charge on any atom is -0.480 e. The van der Waals surface area contributed by atoms with Crippen molar-refractivity contribution in [2.45, 2.75) is 6.92 Å². The molecule has 2 rings (SSSR count). The summed E-state index contributed by atoms with van der Waals surface area (Å²) in [6, 6.07) is 0.298. The molecule has 0 aliphatic rings. The summed E-state index contributed by atoms with van der Waals surface area (Å²) in [7, 11) is 4.95. The molecule has 2 aromatic heterocycles. The van der Waals surface area contributed by atoms with Crippen LogP contribution in [0.4, 0.5) is 0 Å². The number of nitrogens with zero attached hydrogens (tertiary/aromatic N) is 4. The van der Waals surface area contributed by atoms with Crippen LogP contribution in [0.1, 0.15) is 5.69 Å². The maximum absolute atomic E-state index is 5.26. The second kappa shape index (κ2) is 4.40. The van der Waals surface area contributed by atoms with Gasteiger partial charge in [-0.15, -0.1) is 0 Å². The summed E-state index contributed by atoms with van der Waals surface area (Å²) in [5.41, 5.74) is 2.55. The smallest absolute Gasteiger partial charge is 0.319 e. The first-order chi connectivity index (χ1) is 8.15. The van der Waals surface area contributed by atoms with Gasteiger partial charge in [0, 0.05) is 18.8 Å². The standard InChI is InChI=1S/C11H14N4O2/c1-7-9(8-5-12-15(2)6-8)10(16-3)14-11(13-7)17-4/h5-6H,1-4H3. The van der Waals surface area contributed by atoms with E-state index in [2.05, 4.69) is 15.1 Å². The topological polar surface area (TPSA) is 62.1 Å². The molecule has 0 N–H and O–H groups in total. The van der Waals surface area contributed by atoms with Gasteiger partial charge in [-0.1, -0.05) is 0 Å². The van der Waals surface area contributed by atoms with E-state index in [1.54, 1.807) is 18.0 Å². The Hall–Kier alpha value is -2.11. The number of aromatic nitrogens is 4. The maximum Gasteiger partial charge on any atom is 0.319 e. The van der Waals surface area contributed by atoms with Gasteiger partial charge >= 0.3 is 6.01 Å². The first kappa shape index (κ1) is 11.4. The van der Waals surface area contributed by atoms with Crippen LogP contribution in [0, 0.1) is 6.92 Å². The first-order valence-corrected chi connectivity index (χ1v) is 5.11. The largest absolute Gasteiger partial charge is 0.480 e. The molecule has 0 amide bonds. The number of rotatable bonds is 3. The zero-order valence-corrected chi connectivity index (χ0v) is 10.3. The summed E-state index contributed by atoms with van der Waals surface area (Å²) in [5.74, 6) is 0.488. The molecule has 0 saturated heterocycles. The molecule has 0 fully saturated rings. The molecule has 0 aromatic carbocycles. The summed E-state index contributed by atoms with van der Waals surface area (Å²) in [6.07, 6.45) is 3.64. The van der Waals surface area contributed by atoms with E-state index >= 15 is 0 Å². The van der Waals surface area contributed by atoms with Gasteiger partial charge in [-0.05, 0) is 6.92 Å². The molecule has 0 unspecified atom stereocenters. The van der Waals surface area contributed by atoms with Crippen LogP contribution in [0.15, 0.2) is 12.4 Å². The Balaban J connectivity index is 2.60. The second-order valence-electron chi connectivity index (χ2n) is 3.58. The Morgan fingerprint density at radius 2 is 1.94 bits per heavy atom. The predicted octanol–water partition coefficient (Wildman–Crippen LogP) is 1.20. The Labute approximate surface area is 99.2 Å². The lowest BCUT2D eigenvalue weighted by Gasteiger charge is -2.09. The number of methoxy groups -OCH3 is 2. The highest BCUT2D eigenvalue weighted by Crippen LogP contribution is 2.31. The number of hydrogen-bond acceptors (Lipinski definition) is 5. The van der Waals surface area contributed by atoms with E-state index in [1.807, 2.05) is 20.2 Å². The lowest BCUT2D eigenvalue weighted by atomic mass is 10.1. The predicted molar refractivity (Wildman–Crippen MR) is 62.1 cm³/mol. The SMILES string of the molecule is COc1nc(C)c(-c2cnn(C)c2)c(OC)n1. The van der Waals surface area contributed by atoms with Gasteiger partial charge < -0.3 is 9.47 Å². The minimum absolute atomic E-state index is 0.298. The lowest BCUT2D eigenvalue weighted by Crippen LogP contribution is -2.00. The van der Waals surface area contributed by atoms with Crippen molar-refractivity contribution in [2.75, 3.05) is 14.2 Å². The molecule has 0 spiro atoms. The lowest BCUT2D eigenvalue weighted by molar-refractivity contribution is 0.352.